The third kappa shape index (κ3) is 3.63. The SMILES string of the molecule is COc1ccc(CN2C(=O)C(C#N)C(=O)c3ccc(OC(C)C)cc32)cc1. The van der Waals surface area contributed by atoms with Crippen LogP contribution in [0.15, 0.2) is 42.5 Å². The highest BCUT2D eigenvalue weighted by Crippen LogP contribution is 2.35. The lowest BCUT2D eigenvalue weighted by Gasteiger charge is -2.31. The van der Waals surface area contributed by atoms with Gasteiger partial charge in [0.05, 0.1) is 31.5 Å². The number of amides is 1. The molecule has 3 rings (SSSR count). The van der Waals surface area contributed by atoms with Gasteiger partial charge in [0, 0.05) is 11.6 Å². The fraction of sp³-hybridized carbons (Fsp3) is 0.286. The quantitative estimate of drug-likeness (QED) is 0.760. The zero-order valence-electron chi connectivity index (χ0n) is 15.4. The van der Waals surface area contributed by atoms with Crippen LogP contribution in [0.25, 0.3) is 0 Å². The third-order valence-electron chi connectivity index (χ3n) is 4.30. The Morgan fingerprint density at radius 3 is 2.37 bits per heavy atom. The fourth-order valence-electron chi connectivity index (χ4n) is 3.02. The van der Waals surface area contributed by atoms with Crippen LogP contribution < -0.4 is 14.4 Å². The molecule has 27 heavy (non-hydrogen) atoms. The van der Waals surface area contributed by atoms with E-state index in [4.69, 9.17) is 9.47 Å². The van der Waals surface area contributed by atoms with E-state index in [0.717, 1.165) is 5.56 Å². The largest absolute Gasteiger partial charge is 0.497 e. The minimum atomic E-state index is -1.33. The van der Waals surface area contributed by atoms with E-state index in [9.17, 15) is 14.9 Å². The van der Waals surface area contributed by atoms with Gasteiger partial charge >= 0.3 is 0 Å². The molecule has 2 aromatic rings. The summed E-state index contributed by atoms with van der Waals surface area (Å²) in [7, 11) is 1.58. The number of hydrogen-bond acceptors (Lipinski definition) is 5. The molecule has 6 nitrogen and oxygen atoms in total. The molecule has 138 valence electrons. The molecule has 0 N–H and O–H groups in total. The number of hydrogen-bond donors (Lipinski definition) is 0. The highest BCUT2D eigenvalue weighted by Gasteiger charge is 2.39. The van der Waals surface area contributed by atoms with Crippen molar-refractivity contribution in [2.75, 3.05) is 12.0 Å². The molecular formula is C21H20N2O4. The predicted molar refractivity (Wildman–Crippen MR) is 99.8 cm³/mol. The molecule has 0 aromatic heterocycles. The number of nitrogens with zero attached hydrogens (tertiary/aromatic N) is 2. The minimum absolute atomic E-state index is 0.0417. The summed E-state index contributed by atoms with van der Waals surface area (Å²) in [4.78, 5) is 26.8. The lowest BCUT2D eigenvalue weighted by molar-refractivity contribution is -0.120. The molecule has 0 saturated carbocycles. The van der Waals surface area contributed by atoms with Crippen molar-refractivity contribution in [3.05, 3.63) is 53.6 Å². The molecule has 1 heterocycles. The first-order valence-electron chi connectivity index (χ1n) is 8.63. The van der Waals surface area contributed by atoms with Gasteiger partial charge in [-0.2, -0.15) is 5.26 Å². The van der Waals surface area contributed by atoms with Crippen molar-refractivity contribution in [2.24, 2.45) is 5.92 Å². The van der Waals surface area contributed by atoms with Gasteiger partial charge in [0.25, 0.3) is 5.91 Å². The Morgan fingerprint density at radius 2 is 1.78 bits per heavy atom. The van der Waals surface area contributed by atoms with E-state index in [1.807, 2.05) is 32.0 Å². The Balaban J connectivity index is 2.02. The van der Waals surface area contributed by atoms with Crippen LogP contribution in [0.4, 0.5) is 5.69 Å². The summed E-state index contributed by atoms with van der Waals surface area (Å²) in [5.74, 6) is -1.04. The zero-order chi connectivity index (χ0) is 19.6. The van der Waals surface area contributed by atoms with Crippen molar-refractivity contribution in [3.63, 3.8) is 0 Å². The summed E-state index contributed by atoms with van der Waals surface area (Å²) in [5.41, 5.74) is 1.67. The van der Waals surface area contributed by atoms with Gasteiger partial charge in [-0.1, -0.05) is 12.1 Å². The summed E-state index contributed by atoms with van der Waals surface area (Å²) in [6, 6.07) is 14.1. The van der Waals surface area contributed by atoms with Crippen LogP contribution in [-0.4, -0.2) is 24.9 Å². The number of ketones is 1. The van der Waals surface area contributed by atoms with E-state index in [0.29, 0.717) is 22.7 Å². The number of ether oxygens (including phenoxy) is 2. The normalized spacial score (nSPS) is 16.1. The number of fused-ring (bicyclic) bond motifs is 1. The Bertz CT molecular complexity index is 913. The number of rotatable bonds is 5. The first-order valence-corrected chi connectivity index (χ1v) is 8.63. The molecule has 0 aliphatic carbocycles. The second-order valence-corrected chi connectivity index (χ2v) is 6.54. The molecule has 0 fully saturated rings. The molecule has 0 radical (unpaired) electrons. The number of carbonyl (C=O) groups is 2. The smallest absolute Gasteiger partial charge is 0.252 e. The Hall–Kier alpha value is -3.33. The summed E-state index contributed by atoms with van der Waals surface area (Å²) in [6.45, 7) is 4.04. The van der Waals surface area contributed by atoms with E-state index in [2.05, 4.69) is 0 Å². The summed E-state index contributed by atoms with van der Waals surface area (Å²) in [5, 5.41) is 9.32. The van der Waals surface area contributed by atoms with Crippen LogP contribution in [0.3, 0.4) is 0 Å². The van der Waals surface area contributed by atoms with Gasteiger partial charge in [0.1, 0.15) is 11.5 Å². The highest BCUT2D eigenvalue weighted by atomic mass is 16.5. The standard InChI is InChI=1S/C21H20N2O4/c1-13(2)27-16-8-9-17-19(10-16)23(21(25)18(11-22)20(17)24)12-14-4-6-15(26-3)7-5-14/h4-10,13,18H,12H2,1-3H3. The van der Waals surface area contributed by atoms with Crippen molar-refractivity contribution in [1.29, 1.82) is 5.26 Å². The maximum Gasteiger partial charge on any atom is 0.252 e. The van der Waals surface area contributed by atoms with Crippen LogP contribution >= 0.6 is 0 Å². The number of anilines is 1. The van der Waals surface area contributed by atoms with Crippen LogP contribution in [0.2, 0.25) is 0 Å². The van der Waals surface area contributed by atoms with Gasteiger partial charge < -0.3 is 14.4 Å². The fourth-order valence-corrected chi connectivity index (χ4v) is 3.02. The van der Waals surface area contributed by atoms with Gasteiger partial charge in [0.15, 0.2) is 11.7 Å². The maximum absolute atomic E-state index is 12.8. The van der Waals surface area contributed by atoms with Crippen molar-refractivity contribution in [2.45, 2.75) is 26.5 Å². The molecular weight excluding hydrogens is 344 g/mol. The average molecular weight is 364 g/mol. The lowest BCUT2D eigenvalue weighted by atomic mass is 9.90. The zero-order valence-corrected chi connectivity index (χ0v) is 15.4. The van der Waals surface area contributed by atoms with Crippen molar-refractivity contribution in [3.8, 4) is 17.6 Å². The minimum Gasteiger partial charge on any atom is -0.497 e. The molecule has 1 amide bonds. The number of carbonyl (C=O) groups excluding carboxylic acids is 2. The average Bonchev–Trinajstić information content (AvgIpc) is 2.65. The summed E-state index contributed by atoms with van der Waals surface area (Å²) < 4.78 is 10.9. The van der Waals surface area contributed by atoms with Crippen LogP contribution in [0, 0.1) is 17.2 Å². The van der Waals surface area contributed by atoms with Gasteiger partial charge in [-0.3, -0.25) is 9.59 Å². The van der Waals surface area contributed by atoms with Gasteiger partial charge in [0.2, 0.25) is 0 Å². The van der Waals surface area contributed by atoms with E-state index >= 15 is 0 Å². The number of methoxy groups -OCH3 is 1. The summed E-state index contributed by atoms with van der Waals surface area (Å²) >= 11 is 0. The van der Waals surface area contributed by atoms with E-state index in [-0.39, 0.29) is 12.6 Å². The van der Waals surface area contributed by atoms with Crippen LogP contribution in [0.1, 0.15) is 29.8 Å². The molecule has 2 aromatic carbocycles. The maximum atomic E-state index is 12.8. The van der Waals surface area contributed by atoms with Crippen molar-refractivity contribution in [1.82, 2.24) is 0 Å². The number of Topliss-reactive ketones (excluding diaryl/α,β-unsaturated/α-hetero) is 1. The Kier molecular flexibility index (Phi) is 5.13. The Labute approximate surface area is 157 Å². The second-order valence-electron chi connectivity index (χ2n) is 6.54. The van der Waals surface area contributed by atoms with Crippen LogP contribution in [-0.2, 0) is 11.3 Å². The molecule has 6 heteroatoms. The summed E-state index contributed by atoms with van der Waals surface area (Å²) in [6.07, 6.45) is -0.0417. The predicted octanol–water partition coefficient (Wildman–Crippen LogP) is 3.35. The van der Waals surface area contributed by atoms with E-state index in [1.54, 1.807) is 37.4 Å². The van der Waals surface area contributed by atoms with Gasteiger partial charge in [-0.15, -0.1) is 0 Å². The first-order chi connectivity index (χ1) is 12.9. The topological polar surface area (TPSA) is 79.6 Å². The molecule has 1 unspecified atom stereocenters. The first kappa shape index (κ1) is 18.5. The molecule has 1 atom stereocenters. The Morgan fingerprint density at radius 1 is 1.11 bits per heavy atom. The molecule has 1 aliphatic heterocycles. The van der Waals surface area contributed by atoms with Gasteiger partial charge in [-0.25, -0.2) is 0 Å². The molecule has 1 aliphatic rings. The van der Waals surface area contributed by atoms with Gasteiger partial charge in [-0.05, 0) is 43.7 Å². The van der Waals surface area contributed by atoms with E-state index < -0.39 is 17.6 Å². The second kappa shape index (κ2) is 7.50. The van der Waals surface area contributed by atoms with E-state index in [1.165, 1.54) is 4.90 Å². The van der Waals surface area contributed by atoms with Crippen molar-refractivity contribution < 1.29 is 19.1 Å². The number of nitriles is 1. The van der Waals surface area contributed by atoms with Crippen molar-refractivity contribution >= 4 is 17.4 Å². The highest BCUT2D eigenvalue weighted by molar-refractivity contribution is 6.23. The lowest BCUT2D eigenvalue weighted by Crippen LogP contribution is -2.43. The number of benzene rings is 2. The van der Waals surface area contributed by atoms with Crippen LogP contribution in [0.5, 0.6) is 11.5 Å². The molecule has 0 bridgehead atoms. The molecule has 0 spiro atoms. The molecule has 0 saturated heterocycles. The third-order valence-corrected chi connectivity index (χ3v) is 4.30. The monoisotopic (exact) mass is 364 g/mol.